The van der Waals surface area contributed by atoms with Gasteiger partial charge in [0.1, 0.15) is 17.7 Å². The predicted octanol–water partition coefficient (Wildman–Crippen LogP) is 1.13. The van der Waals surface area contributed by atoms with Crippen molar-refractivity contribution in [2.45, 2.75) is 32.5 Å². The first-order chi connectivity index (χ1) is 11.7. The summed E-state index contributed by atoms with van der Waals surface area (Å²) in [6, 6.07) is 3.55. The number of hydrogen-bond donors (Lipinski definition) is 1. The van der Waals surface area contributed by atoms with Crippen molar-refractivity contribution in [3.05, 3.63) is 36.2 Å². The molecule has 0 bridgehead atoms. The van der Waals surface area contributed by atoms with E-state index in [1.54, 1.807) is 36.4 Å². The third-order valence-electron chi connectivity index (χ3n) is 3.85. The molecule has 1 N–H and O–H groups in total. The average molecular weight is 331 g/mol. The highest BCUT2D eigenvalue weighted by molar-refractivity contribution is 5.81. The van der Waals surface area contributed by atoms with Gasteiger partial charge in [-0.1, -0.05) is 6.92 Å². The summed E-state index contributed by atoms with van der Waals surface area (Å²) in [5, 5.41) is 7.05. The van der Waals surface area contributed by atoms with Gasteiger partial charge in [0.05, 0.1) is 19.3 Å². The number of pyridine rings is 1. The molecular formula is C16H21N5O3. The van der Waals surface area contributed by atoms with E-state index in [1.165, 1.54) is 0 Å². The molecule has 0 saturated carbocycles. The predicted molar refractivity (Wildman–Crippen MR) is 85.4 cm³/mol. The van der Waals surface area contributed by atoms with Crippen molar-refractivity contribution in [1.29, 1.82) is 0 Å². The van der Waals surface area contributed by atoms with Crippen molar-refractivity contribution in [2.75, 3.05) is 19.7 Å². The molecule has 128 valence electrons. The van der Waals surface area contributed by atoms with Gasteiger partial charge in [-0.3, -0.25) is 14.9 Å². The summed E-state index contributed by atoms with van der Waals surface area (Å²) in [5.74, 6) is 1.89. The Balaban J connectivity index is 1.62. The van der Waals surface area contributed by atoms with Gasteiger partial charge >= 0.3 is 0 Å². The molecule has 24 heavy (non-hydrogen) atoms. The van der Waals surface area contributed by atoms with Crippen molar-refractivity contribution in [2.24, 2.45) is 0 Å². The fourth-order valence-corrected chi connectivity index (χ4v) is 2.55. The summed E-state index contributed by atoms with van der Waals surface area (Å²) in [4.78, 5) is 22.7. The second-order valence-corrected chi connectivity index (χ2v) is 5.59. The van der Waals surface area contributed by atoms with E-state index in [9.17, 15) is 4.79 Å². The molecule has 2 aromatic rings. The molecule has 1 fully saturated rings. The number of carbonyl (C=O) groups is 1. The highest BCUT2D eigenvalue weighted by Crippen LogP contribution is 2.20. The van der Waals surface area contributed by atoms with E-state index in [0.29, 0.717) is 31.3 Å². The van der Waals surface area contributed by atoms with Crippen LogP contribution in [0.1, 0.15) is 31.6 Å². The number of nitrogens with one attached hydrogen (secondary N) is 1. The minimum atomic E-state index is -0.591. The van der Waals surface area contributed by atoms with Crippen LogP contribution in [0.3, 0.4) is 0 Å². The molecule has 1 aliphatic heterocycles. The number of aromatic nitrogens is 4. The van der Waals surface area contributed by atoms with Gasteiger partial charge in [0, 0.05) is 19.2 Å². The zero-order valence-corrected chi connectivity index (χ0v) is 13.8. The van der Waals surface area contributed by atoms with Gasteiger partial charge in [0.2, 0.25) is 0 Å². The molecule has 1 saturated heterocycles. The second-order valence-electron chi connectivity index (χ2n) is 5.59. The first-order valence-electron chi connectivity index (χ1n) is 8.05. The van der Waals surface area contributed by atoms with Crippen LogP contribution in [0.4, 0.5) is 0 Å². The number of carbonyl (C=O) groups excluding carboxylic acids is 1. The maximum absolute atomic E-state index is 12.6. The molecule has 0 aliphatic carbocycles. The van der Waals surface area contributed by atoms with E-state index in [4.69, 9.17) is 9.47 Å². The maximum Gasteiger partial charge on any atom is 0.263 e. The van der Waals surface area contributed by atoms with E-state index in [2.05, 4.69) is 20.2 Å². The topological polar surface area (TPSA) is 93.2 Å². The van der Waals surface area contributed by atoms with Crippen LogP contribution in [0, 0.1) is 0 Å². The van der Waals surface area contributed by atoms with Gasteiger partial charge in [-0.15, -0.1) is 0 Å². The summed E-state index contributed by atoms with van der Waals surface area (Å²) in [7, 11) is 0. The summed E-state index contributed by atoms with van der Waals surface area (Å²) >= 11 is 0. The summed E-state index contributed by atoms with van der Waals surface area (Å²) in [6.07, 6.45) is 3.12. The third kappa shape index (κ3) is 3.70. The molecule has 0 aromatic carbocycles. The molecule has 2 aromatic heterocycles. The van der Waals surface area contributed by atoms with Gasteiger partial charge in [0.25, 0.3) is 5.91 Å². The highest BCUT2D eigenvalue weighted by Gasteiger charge is 2.31. The van der Waals surface area contributed by atoms with Crippen LogP contribution in [0.25, 0.3) is 0 Å². The smallest absolute Gasteiger partial charge is 0.263 e. The first kappa shape index (κ1) is 16.4. The molecule has 8 heteroatoms. The van der Waals surface area contributed by atoms with Gasteiger partial charge in [0.15, 0.2) is 11.9 Å². The SMILES string of the molecule is CCc1nc(C2CN(C(=O)C(C)Oc3cccnc3)CCO2)n[nH]1. The Bertz CT molecular complexity index is 675. The van der Waals surface area contributed by atoms with E-state index < -0.39 is 6.10 Å². The van der Waals surface area contributed by atoms with E-state index in [-0.39, 0.29) is 12.0 Å². The zero-order valence-electron chi connectivity index (χ0n) is 13.8. The van der Waals surface area contributed by atoms with Crippen LogP contribution in [0.15, 0.2) is 24.5 Å². The number of aromatic amines is 1. The number of rotatable bonds is 5. The lowest BCUT2D eigenvalue weighted by Gasteiger charge is -2.33. The van der Waals surface area contributed by atoms with Crippen LogP contribution < -0.4 is 4.74 Å². The lowest BCUT2D eigenvalue weighted by molar-refractivity contribution is -0.146. The average Bonchev–Trinajstić information content (AvgIpc) is 3.11. The van der Waals surface area contributed by atoms with Crippen molar-refractivity contribution < 1.29 is 14.3 Å². The number of morpholine rings is 1. The number of ether oxygens (including phenoxy) is 2. The van der Waals surface area contributed by atoms with E-state index in [1.807, 2.05) is 6.92 Å². The van der Waals surface area contributed by atoms with Gasteiger partial charge < -0.3 is 14.4 Å². The van der Waals surface area contributed by atoms with E-state index >= 15 is 0 Å². The summed E-state index contributed by atoms with van der Waals surface area (Å²) in [5.41, 5.74) is 0. The van der Waals surface area contributed by atoms with Gasteiger partial charge in [-0.2, -0.15) is 5.10 Å². The highest BCUT2D eigenvalue weighted by atomic mass is 16.5. The Kier molecular flexibility index (Phi) is 5.05. The molecule has 1 amide bonds. The fourth-order valence-electron chi connectivity index (χ4n) is 2.55. The molecule has 1 aliphatic rings. The largest absolute Gasteiger partial charge is 0.479 e. The number of hydrogen-bond acceptors (Lipinski definition) is 6. The van der Waals surface area contributed by atoms with Crippen molar-refractivity contribution >= 4 is 5.91 Å². The molecular weight excluding hydrogens is 310 g/mol. The van der Waals surface area contributed by atoms with Crippen molar-refractivity contribution in [1.82, 2.24) is 25.1 Å². The van der Waals surface area contributed by atoms with Crippen LogP contribution in [-0.2, 0) is 16.0 Å². The lowest BCUT2D eigenvalue weighted by atomic mass is 10.2. The standard InChI is InChI=1S/C16H21N5O3/c1-3-14-18-15(20-19-14)13-10-21(7-8-23-13)16(22)11(2)24-12-5-4-6-17-9-12/h4-6,9,11,13H,3,7-8,10H2,1-2H3,(H,18,19,20). The number of nitrogens with zero attached hydrogens (tertiary/aromatic N) is 4. The quantitative estimate of drug-likeness (QED) is 0.883. The van der Waals surface area contributed by atoms with Crippen LogP contribution in [-0.4, -0.2) is 56.8 Å². The number of amides is 1. The zero-order chi connectivity index (χ0) is 16.9. The minimum Gasteiger partial charge on any atom is -0.479 e. The maximum atomic E-state index is 12.6. The minimum absolute atomic E-state index is 0.0848. The Morgan fingerprint density at radius 1 is 1.58 bits per heavy atom. The first-order valence-corrected chi connectivity index (χ1v) is 8.05. The third-order valence-corrected chi connectivity index (χ3v) is 3.85. The Hall–Kier alpha value is -2.48. The molecule has 0 radical (unpaired) electrons. The summed E-state index contributed by atoms with van der Waals surface area (Å²) in [6.45, 7) is 5.13. The fraction of sp³-hybridized carbons (Fsp3) is 0.500. The van der Waals surface area contributed by atoms with Crippen molar-refractivity contribution in [3.63, 3.8) is 0 Å². The van der Waals surface area contributed by atoms with Crippen LogP contribution >= 0.6 is 0 Å². The second kappa shape index (κ2) is 7.39. The molecule has 0 spiro atoms. The molecule has 8 nitrogen and oxygen atoms in total. The normalized spacial score (nSPS) is 19.1. The van der Waals surface area contributed by atoms with E-state index in [0.717, 1.165) is 12.2 Å². The Morgan fingerprint density at radius 2 is 2.46 bits per heavy atom. The lowest BCUT2D eigenvalue weighted by Crippen LogP contribution is -2.47. The molecule has 3 heterocycles. The van der Waals surface area contributed by atoms with Gasteiger partial charge in [-0.05, 0) is 19.1 Å². The number of aryl methyl sites for hydroxylation is 1. The summed E-state index contributed by atoms with van der Waals surface area (Å²) < 4.78 is 11.4. The Morgan fingerprint density at radius 3 is 3.17 bits per heavy atom. The van der Waals surface area contributed by atoms with Crippen LogP contribution in [0.2, 0.25) is 0 Å². The molecule has 2 atom stereocenters. The molecule has 3 rings (SSSR count). The van der Waals surface area contributed by atoms with Crippen LogP contribution in [0.5, 0.6) is 5.75 Å². The number of H-pyrrole nitrogens is 1. The van der Waals surface area contributed by atoms with Gasteiger partial charge in [-0.25, -0.2) is 4.98 Å². The monoisotopic (exact) mass is 331 g/mol. The van der Waals surface area contributed by atoms with Crippen molar-refractivity contribution in [3.8, 4) is 5.75 Å². The Labute approximate surface area is 140 Å². The molecule has 2 unspecified atom stereocenters.